The van der Waals surface area contributed by atoms with Gasteiger partial charge in [-0.05, 0) is 12.1 Å². The number of benzene rings is 1. The number of ether oxygens (including phenoxy) is 2. The van der Waals surface area contributed by atoms with Crippen molar-refractivity contribution >= 4 is 11.9 Å². The molecule has 20 heavy (non-hydrogen) atoms. The summed E-state index contributed by atoms with van der Waals surface area (Å²) in [4.78, 5) is 23.7. The van der Waals surface area contributed by atoms with Gasteiger partial charge in [-0.25, -0.2) is 9.59 Å². The summed E-state index contributed by atoms with van der Waals surface area (Å²) < 4.78 is 9.93. The molecule has 102 valence electrons. The third-order valence-electron chi connectivity index (χ3n) is 2.33. The predicted molar refractivity (Wildman–Crippen MR) is 73.9 cm³/mol. The Morgan fingerprint density at radius 1 is 0.900 bits per heavy atom. The summed E-state index contributed by atoms with van der Waals surface area (Å²) in [6.07, 6.45) is 10.8. The first-order valence-electron chi connectivity index (χ1n) is 6.01. The van der Waals surface area contributed by atoms with Crippen LogP contribution in [-0.4, -0.2) is 25.2 Å². The molecule has 0 fully saturated rings. The minimum atomic E-state index is -0.607. The Morgan fingerprint density at radius 3 is 1.65 bits per heavy atom. The van der Waals surface area contributed by atoms with E-state index in [0.29, 0.717) is 12.8 Å². The molecule has 0 atom stereocenters. The summed E-state index contributed by atoms with van der Waals surface area (Å²) in [5.74, 6) is 3.50. The predicted octanol–water partition coefficient (Wildman–Crippen LogP) is 2.05. The van der Waals surface area contributed by atoms with Crippen LogP contribution in [-0.2, 0) is 9.47 Å². The molecule has 0 saturated heterocycles. The minimum absolute atomic E-state index is 0.107. The van der Waals surface area contributed by atoms with Gasteiger partial charge in [0.2, 0.25) is 0 Å². The van der Waals surface area contributed by atoms with Crippen molar-refractivity contribution in [1.29, 1.82) is 0 Å². The van der Waals surface area contributed by atoms with E-state index >= 15 is 0 Å². The number of hydrogen-bond acceptors (Lipinski definition) is 4. The fraction of sp³-hybridized carbons (Fsp3) is 0.250. The highest BCUT2D eigenvalue weighted by molar-refractivity contribution is 6.03. The van der Waals surface area contributed by atoms with E-state index in [2.05, 4.69) is 11.8 Å². The highest BCUT2D eigenvalue weighted by Crippen LogP contribution is 2.12. The van der Waals surface area contributed by atoms with Crippen LogP contribution in [0.5, 0.6) is 0 Å². The molecule has 0 unspecified atom stereocenters. The molecule has 1 rings (SSSR count). The molecule has 4 heteroatoms. The van der Waals surface area contributed by atoms with Crippen molar-refractivity contribution in [3.05, 3.63) is 35.4 Å². The summed E-state index contributed by atoms with van der Waals surface area (Å²) in [7, 11) is 0. The zero-order valence-electron chi connectivity index (χ0n) is 10.9. The molecule has 0 saturated carbocycles. The topological polar surface area (TPSA) is 52.6 Å². The van der Waals surface area contributed by atoms with Crippen molar-refractivity contribution in [2.75, 3.05) is 13.2 Å². The van der Waals surface area contributed by atoms with Gasteiger partial charge in [-0.2, -0.15) is 0 Å². The molecule has 0 aliphatic rings. The first-order chi connectivity index (χ1) is 9.70. The number of rotatable bonds is 6. The third-order valence-corrected chi connectivity index (χ3v) is 2.33. The van der Waals surface area contributed by atoms with Gasteiger partial charge in [0.25, 0.3) is 0 Å². The van der Waals surface area contributed by atoms with Gasteiger partial charge in [-0.1, -0.05) is 12.1 Å². The molecule has 4 nitrogen and oxygen atoms in total. The fourth-order valence-electron chi connectivity index (χ4n) is 1.40. The SMILES string of the molecule is C#CCCOC(=O)c1ccccc1C(=O)OCCC#C. The van der Waals surface area contributed by atoms with Crippen LogP contribution >= 0.6 is 0 Å². The van der Waals surface area contributed by atoms with Crippen molar-refractivity contribution in [2.24, 2.45) is 0 Å². The summed E-state index contributed by atoms with van der Waals surface area (Å²) in [6.45, 7) is 0.214. The Balaban J connectivity index is 2.77. The number of hydrogen-bond donors (Lipinski definition) is 0. The molecule has 0 heterocycles. The van der Waals surface area contributed by atoms with E-state index in [-0.39, 0.29) is 24.3 Å². The Hall–Kier alpha value is -2.72. The number of carbonyl (C=O) groups excluding carboxylic acids is 2. The molecule has 0 radical (unpaired) electrons. The van der Waals surface area contributed by atoms with Crippen LogP contribution < -0.4 is 0 Å². The standard InChI is InChI=1S/C16H14O4/c1-3-5-11-19-15(17)13-9-7-8-10-14(13)16(18)20-12-6-4-2/h1-2,7-10H,5-6,11-12H2. The Bertz CT molecular complexity index is 510. The van der Waals surface area contributed by atoms with Crippen molar-refractivity contribution in [3.63, 3.8) is 0 Å². The average Bonchev–Trinajstić information content (AvgIpc) is 2.47. The normalized spacial score (nSPS) is 9.10. The fourth-order valence-corrected chi connectivity index (χ4v) is 1.40. The minimum Gasteiger partial charge on any atom is -0.461 e. The molecule has 0 N–H and O–H groups in total. The zero-order valence-corrected chi connectivity index (χ0v) is 10.9. The molecule has 0 bridgehead atoms. The Morgan fingerprint density at radius 2 is 1.30 bits per heavy atom. The second-order valence-electron chi connectivity index (χ2n) is 3.73. The second-order valence-corrected chi connectivity index (χ2v) is 3.73. The monoisotopic (exact) mass is 270 g/mol. The maximum absolute atomic E-state index is 11.8. The van der Waals surface area contributed by atoms with E-state index in [1.165, 1.54) is 12.1 Å². The first-order valence-corrected chi connectivity index (χ1v) is 6.01. The smallest absolute Gasteiger partial charge is 0.339 e. The van der Waals surface area contributed by atoms with Crippen LogP contribution in [0.1, 0.15) is 33.6 Å². The molecule has 1 aromatic rings. The van der Waals surface area contributed by atoms with Gasteiger partial charge in [-0.3, -0.25) is 0 Å². The van der Waals surface area contributed by atoms with Gasteiger partial charge in [0.15, 0.2) is 0 Å². The molecule has 0 spiro atoms. The van der Waals surface area contributed by atoms with E-state index in [1.807, 2.05) is 0 Å². The Labute approximate surface area is 118 Å². The molecular weight excluding hydrogens is 256 g/mol. The quantitative estimate of drug-likeness (QED) is 0.451. The van der Waals surface area contributed by atoms with Crippen LogP contribution in [0.2, 0.25) is 0 Å². The van der Waals surface area contributed by atoms with Crippen molar-refractivity contribution in [3.8, 4) is 24.7 Å². The molecular formula is C16H14O4. The van der Waals surface area contributed by atoms with Crippen LogP contribution in [0.4, 0.5) is 0 Å². The summed E-state index contributed by atoms with van der Waals surface area (Å²) >= 11 is 0. The lowest BCUT2D eigenvalue weighted by Crippen LogP contribution is -2.14. The third kappa shape index (κ3) is 4.51. The van der Waals surface area contributed by atoms with Gasteiger partial charge >= 0.3 is 11.9 Å². The van der Waals surface area contributed by atoms with E-state index in [0.717, 1.165) is 0 Å². The maximum Gasteiger partial charge on any atom is 0.339 e. The van der Waals surface area contributed by atoms with Crippen molar-refractivity contribution in [1.82, 2.24) is 0 Å². The summed E-state index contributed by atoms with van der Waals surface area (Å²) in [6, 6.07) is 6.26. The van der Waals surface area contributed by atoms with Gasteiger partial charge in [0, 0.05) is 12.8 Å². The average molecular weight is 270 g/mol. The molecule has 1 aromatic carbocycles. The number of carbonyl (C=O) groups is 2. The lowest BCUT2D eigenvalue weighted by molar-refractivity contribution is 0.0466. The number of terminal acetylenes is 2. The van der Waals surface area contributed by atoms with Gasteiger partial charge in [0.05, 0.1) is 11.1 Å². The lowest BCUT2D eigenvalue weighted by Gasteiger charge is -2.08. The summed E-state index contributed by atoms with van der Waals surface area (Å²) in [5.41, 5.74) is 0.297. The van der Waals surface area contributed by atoms with Gasteiger partial charge < -0.3 is 9.47 Å². The highest BCUT2D eigenvalue weighted by Gasteiger charge is 2.18. The lowest BCUT2D eigenvalue weighted by atomic mass is 10.1. The van der Waals surface area contributed by atoms with Gasteiger partial charge in [0.1, 0.15) is 13.2 Å². The number of esters is 2. The largest absolute Gasteiger partial charge is 0.461 e. The van der Waals surface area contributed by atoms with Gasteiger partial charge in [-0.15, -0.1) is 24.7 Å². The van der Waals surface area contributed by atoms with E-state index in [4.69, 9.17) is 22.3 Å². The van der Waals surface area contributed by atoms with E-state index in [9.17, 15) is 9.59 Å². The Kier molecular flexibility index (Phi) is 6.44. The van der Waals surface area contributed by atoms with E-state index < -0.39 is 11.9 Å². The molecule has 0 amide bonds. The van der Waals surface area contributed by atoms with Crippen LogP contribution in [0.15, 0.2) is 24.3 Å². The van der Waals surface area contributed by atoms with Crippen molar-refractivity contribution in [2.45, 2.75) is 12.8 Å². The van der Waals surface area contributed by atoms with Crippen LogP contribution in [0.25, 0.3) is 0 Å². The molecule has 0 aliphatic carbocycles. The van der Waals surface area contributed by atoms with Crippen LogP contribution in [0.3, 0.4) is 0 Å². The maximum atomic E-state index is 11.8. The van der Waals surface area contributed by atoms with Crippen LogP contribution in [0, 0.1) is 24.7 Å². The molecule has 0 aromatic heterocycles. The molecule has 0 aliphatic heterocycles. The highest BCUT2D eigenvalue weighted by atomic mass is 16.5. The first kappa shape index (κ1) is 15.3. The second kappa shape index (κ2) is 8.39. The summed E-state index contributed by atoms with van der Waals surface area (Å²) in [5, 5.41) is 0. The van der Waals surface area contributed by atoms with E-state index in [1.54, 1.807) is 12.1 Å². The zero-order chi connectivity index (χ0) is 14.8. The van der Waals surface area contributed by atoms with Crippen molar-refractivity contribution < 1.29 is 19.1 Å².